The minimum absolute atomic E-state index is 0.190. The number of ether oxygens (including phenoxy) is 2. The average molecular weight is 364 g/mol. The van der Waals surface area contributed by atoms with E-state index in [-0.39, 0.29) is 5.63 Å². The molecule has 0 radical (unpaired) electrons. The highest BCUT2D eigenvalue weighted by Gasteiger charge is 2.19. The van der Waals surface area contributed by atoms with Crippen LogP contribution in [0.1, 0.15) is 41.5 Å². The van der Waals surface area contributed by atoms with Gasteiger partial charge in [-0.3, -0.25) is 0 Å². The maximum atomic E-state index is 12.5. The molecule has 0 saturated heterocycles. The van der Waals surface area contributed by atoms with Gasteiger partial charge in [0.2, 0.25) is 0 Å². The van der Waals surface area contributed by atoms with Crippen molar-refractivity contribution in [1.82, 2.24) is 0 Å². The Kier molecular flexibility index (Phi) is 4.88. The van der Waals surface area contributed by atoms with Gasteiger partial charge in [0.15, 0.2) is 0 Å². The largest absolute Gasteiger partial charge is 0.496 e. The van der Waals surface area contributed by atoms with Crippen molar-refractivity contribution in [2.75, 3.05) is 7.11 Å². The van der Waals surface area contributed by atoms with E-state index in [9.17, 15) is 4.79 Å². The van der Waals surface area contributed by atoms with E-state index in [2.05, 4.69) is 0 Å². The van der Waals surface area contributed by atoms with Crippen LogP contribution in [0.3, 0.4) is 0 Å². The second kappa shape index (κ2) is 7.47. The Bertz CT molecular complexity index is 1030. The second-order valence-corrected chi connectivity index (χ2v) is 7.07. The SMILES string of the molecule is COc1ccccc1COc1ccc2c3c(c(=O)oc2c1C)CCCCC3. The fourth-order valence-corrected chi connectivity index (χ4v) is 3.94. The highest BCUT2D eigenvalue weighted by atomic mass is 16.5. The van der Waals surface area contributed by atoms with E-state index in [0.717, 1.165) is 71.2 Å². The quantitative estimate of drug-likeness (QED) is 0.485. The van der Waals surface area contributed by atoms with Gasteiger partial charge in [-0.2, -0.15) is 0 Å². The van der Waals surface area contributed by atoms with E-state index >= 15 is 0 Å². The summed E-state index contributed by atoms with van der Waals surface area (Å²) in [5.74, 6) is 1.53. The monoisotopic (exact) mass is 364 g/mol. The normalized spacial score (nSPS) is 13.9. The third-order valence-electron chi connectivity index (χ3n) is 5.42. The van der Waals surface area contributed by atoms with Gasteiger partial charge in [0.05, 0.1) is 7.11 Å². The molecule has 0 amide bonds. The van der Waals surface area contributed by atoms with E-state index in [4.69, 9.17) is 13.9 Å². The molecule has 3 aromatic rings. The number of fused-ring (bicyclic) bond motifs is 3. The summed E-state index contributed by atoms with van der Waals surface area (Å²) in [5, 5.41) is 1.05. The molecular weight excluding hydrogens is 340 g/mol. The number of methoxy groups -OCH3 is 1. The number of para-hydroxylation sites is 1. The Balaban J connectivity index is 1.71. The van der Waals surface area contributed by atoms with Crippen LogP contribution in [-0.4, -0.2) is 7.11 Å². The fourth-order valence-electron chi connectivity index (χ4n) is 3.94. The van der Waals surface area contributed by atoms with E-state index in [0.29, 0.717) is 12.2 Å². The van der Waals surface area contributed by atoms with E-state index < -0.39 is 0 Å². The lowest BCUT2D eigenvalue weighted by atomic mass is 9.98. The molecule has 4 rings (SSSR count). The van der Waals surface area contributed by atoms with Crippen LogP contribution in [0, 0.1) is 6.92 Å². The van der Waals surface area contributed by atoms with Crippen LogP contribution in [0.5, 0.6) is 11.5 Å². The van der Waals surface area contributed by atoms with Crippen LogP contribution in [0.4, 0.5) is 0 Å². The number of aryl methyl sites for hydroxylation is 2. The van der Waals surface area contributed by atoms with Crippen molar-refractivity contribution in [3.63, 3.8) is 0 Å². The summed E-state index contributed by atoms with van der Waals surface area (Å²) in [7, 11) is 1.65. The van der Waals surface area contributed by atoms with E-state index in [1.54, 1.807) is 7.11 Å². The zero-order chi connectivity index (χ0) is 18.8. The van der Waals surface area contributed by atoms with Gasteiger partial charge >= 0.3 is 5.63 Å². The summed E-state index contributed by atoms with van der Waals surface area (Å²) >= 11 is 0. The zero-order valence-electron chi connectivity index (χ0n) is 15.8. The van der Waals surface area contributed by atoms with E-state index in [1.807, 2.05) is 43.3 Å². The Labute approximate surface area is 158 Å². The summed E-state index contributed by atoms with van der Waals surface area (Å²) in [6.45, 7) is 2.34. The lowest BCUT2D eigenvalue weighted by Crippen LogP contribution is -2.11. The molecule has 0 unspecified atom stereocenters. The topological polar surface area (TPSA) is 48.7 Å². The average Bonchev–Trinajstić information content (AvgIpc) is 2.95. The molecular formula is C23H24O4. The molecule has 1 aliphatic carbocycles. The molecule has 2 aromatic carbocycles. The first-order valence-corrected chi connectivity index (χ1v) is 9.52. The highest BCUT2D eigenvalue weighted by Crippen LogP contribution is 2.33. The van der Waals surface area contributed by atoms with Gasteiger partial charge in [0, 0.05) is 22.1 Å². The molecule has 0 fully saturated rings. The molecule has 0 aliphatic heterocycles. The minimum atomic E-state index is -0.190. The number of hydrogen-bond acceptors (Lipinski definition) is 4. The maximum Gasteiger partial charge on any atom is 0.339 e. The fraction of sp³-hybridized carbons (Fsp3) is 0.348. The summed E-state index contributed by atoms with van der Waals surface area (Å²) < 4.78 is 17.1. The Morgan fingerprint density at radius 3 is 2.56 bits per heavy atom. The third kappa shape index (κ3) is 3.32. The Morgan fingerprint density at radius 2 is 1.74 bits per heavy atom. The van der Waals surface area contributed by atoms with Crippen LogP contribution >= 0.6 is 0 Å². The minimum Gasteiger partial charge on any atom is -0.496 e. The zero-order valence-corrected chi connectivity index (χ0v) is 15.8. The van der Waals surface area contributed by atoms with Crippen molar-refractivity contribution in [3.8, 4) is 11.5 Å². The first kappa shape index (κ1) is 17.7. The van der Waals surface area contributed by atoms with Gasteiger partial charge in [-0.25, -0.2) is 4.79 Å². The number of rotatable bonds is 4. The lowest BCUT2D eigenvalue weighted by molar-refractivity contribution is 0.294. The molecule has 1 aromatic heterocycles. The smallest absolute Gasteiger partial charge is 0.339 e. The Hall–Kier alpha value is -2.75. The van der Waals surface area contributed by atoms with Gasteiger partial charge < -0.3 is 13.9 Å². The summed E-state index contributed by atoms with van der Waals surface area (Å²) in [6.07, 6.45) is 5.10. The molecule has 0 saturated carbocycles. The van der Waals surface area contributed by atoms with Crippen LogP contribution in [0.15, 0.2) is 45.6 Å². The highest BCUT2D eigenvalue weighted by molar-refractivity contribution is 5.86. The summed E-state index contributed by atoms with van der Waals surface area (Å²) in [6, 6.07) is 11.8. The van der Waals surface area contributed by atoms with Crippen molar-refractivity contribution in [1.29, 1.82) is 0 Å². The molecule has 0 bridgehead atoms. The molecule has 140 valence electrons. The molecule has 0 atom stereocenters. The molecule has 0 spiro atoms. The maximum absolute atomic E-state index is 12.5. The number of benzene rings is 2. The second-order valence-electron chi connectivity index (χ2n) is 7.07. The van der Waals surface area contributed by atoms with Crippen molar-refractivity contribution >= 4 is 11.0 Å². The Morgan fingerprint density at radius 1 is 0.963 bits per heavy atom. The molecule has 0 N–H and O–H groups in total. The van der Waals surface area contributed by atoms with Gasteiger partial charge in [-0.1, -0.05) is 24.6 Å². The van der Waals surface area contributed by atoms with Crippen molar-refractivity contribution < 1.29 is 13.9 Å². The summed E-state index contributed by atoms with van der Waals surface area (Å²) in [5.41, 5.74) is 4.33. The number of hydrogen-bond donors (Lipinski definition) is 0. The predicted molar refractivity (Wildman–Crippen MR) is 106 cm³/mol. The third-order valence-corrected chi connectivity index (χ3v) is 5.42. The first-order chi connectivity index (χ1) is 13.2. The van der Waals surface area contributed by atoms with Crippen LogP contribution in [0.25, 0.3) is 11.0 Å². The van der Waals surface area contributed by atoms with Crippen molar-refractivity contribution in [2.45, 2.75) is 45.6 Å². The predicted octanol–water partition coefficient (Wildman–Crippen LogP) is 4.96. The standard InChI is InChI=1S/C23H24O4/c1-15-20(26-14-16-8-6-7-11-21(16)25-2)13-12-18-17-9-4-3-5-10-19(17)23(24)27-22(15)18/h6-8,11-13H,3-5,9-10,14H2,1-2H3. The van der Waals surface area contributed by atoms with Crippen molar-refractivity contribution in [3.05, 3.63) is 69.1 Å². The molecule has 4 nitrogen and oxygen atoms in total. The summed E-state index contributed by atoms with van der Waals surface area (Å²) in [4.78, 5) is 12.5. The van der Waals surface area contributed by atoms with Gasteiger partial charge in [-0.05, 0) is 56.4 Å². The lowest BCUT2D eigenvalue weighted by Gasteiger charge is -2.14. The van der Waals surface area contributed by atoms with Crippen LogP contribution in [0.2, 0.25) is 0 Å². The molecule has 4 heteroatoms. The van der Waals surface area contributed by atoms with E-state index in [1.165, 1.54) is 0 Å². The van der Waals surface area contributed by atoms with Crippen molar-refractivity contribution in [2.24, 2.45) is 0 Å². The molecule has 27 heavy (non-hydrogen) atoms. The van der Waals surface area contributed by atoms with Gasteiger partial charge in [0.25, 0.3) is 0 Å². The van der Waals surface area contributed by atoms with Gasteiger partial charge in [-0.15, -0.1) is 0 Å². The molecule has 1 aliphatic rings. The van der Waals surface area contributed by atoms with Crippen LogP contribution < -0.4 is 15.1 Å². The van der Waals surface area contributed by atoms with Crippen LogP contribution in [-0.2, 0) is 19.4 Å². The molecule has 1 heterocycles. The first-order valence-electron chi connectivity index (χ1n) is 9.52. The van der Waals surface area contributed by atoms with Gasteiger partial charge in [0.1, 0.15) is 23.7 Å².